The fourth-order valence-electron chi connectivity index (χ4n) is 10.7. The summed E-state index contributed by atoms with van der Waals surface area (Å²) in [5.41, 5.74) is 21.8. The molecule has 0 bridgehead atoms. The zero-order valence-corrected chi connectivity index (χ0v) is 45.9. The van der Waals surface area contributed by atoms with Gasteiger partial charge in [0.15, 0.2) is 0 Å². The van der Waals surface area contributed by atoms with E-state index in [0.29, 0.717) is 47.3 Å². The molecule has 8 heteroatoms. The topological polar surface area (TPSA) is 12.5 Å². The maximum Gasteiger partial charge on any atom is 0.312 e. The van der Waals surface area contributed by atoms with E-state index >= 15 is 0 Å². The Labute approximate surface area is 391 Å². The first-order chi connectivity index (χ1) is 30.5. The molecule has 0 spiro atoms. The molecule has 0 fully saturated rings. The lowest BCUT2D eigenvalue weighted by Gasteiger charge is -2.33. The third-order valence-electron chi connectivity index (χ3n) is 14.1. The fourth-order valence-corrected chi connectivity index (χ4v) is 61.0. The molecule has 0 aliphatic carbocycles. The minimum atomic E-state index is -0.253. The van der Waals surface area contributed by atoms with Gasteiger partial charge in [0, 0.05) is 70.1 Å². The van der Waals surface area contributed by atoms with E-state index in [1.165, 1.54) is 57.3 Å². The van der Waals surface area contributed by atoms with E-state index in [1.807, 2.05) is 0 Å². The molecule has 4 heterocycles. The second-order valence-corrected chi connectivity index (χ2v) is 44.0. The number of hydrogen-bond acceptors (Lipinski definition) is 2. The molecule has 0 N–H and O–H groups in total. The van der Waals surface area contributed by atoms with Crippen molar-refractivity contribution in [1.82, 2.24) is 0 Å². The monoisotopic (exact) mass is 933 g/mol. The molecule has 342 valence electrons. The van der Waals surface area contributed by atoms with Gasteiger partial charge in [0.1, 0.15) is 22.7 Å². The molecule has 2 aliphatic heterocycles. The van der Waals surface area contributed by atoms with Crippen LogP contribution in [0.1, 0.15) is 215 Å². The van der Waals surface area contributed by atoms with Crippen molar-refractivity contribution in [3.63, 3.8) is 0 Å². The summed E-state index contributed by atoms with van der Waals surface area (Å²) in [5, 5.41) is 0. The fraction of sp³-hybridized carbons (Fsp3) is 0.536. The molecule has 2 aliphatic rings. The first-order valence-electron chi connectivity index (χ1n) is 25.0. The molecule has 0 atom stereocenters. The number of hydrogen-bond donors (Lipinski definition) is 0. The van der Waals surface area contributed by atoms with Crippen molar-refractivity contribution in [2.45, 2.75) is 171 Å². The first kappa shape index (κ1) is 47.5. The second-order valence-electron chi connectivity index (χ2n) is 21.4. The van der Waals surface area contributed by atoms with Gasteiger partial charge in [0.05, 0.1) is 40.0 Å². The van der Waals surface area contributed by atoms with Crippen LogP contribution in [0, 0.1) is 0 Å². The summed E-state index contributed by atoms with van der Waals surface area (Å²) in [6.07, 6.45) is 2.18. The Morgan fingerprint density at radius 1 is 0.359 bits per heavy atom. The van der Waals surface area contributed by atoms with Crippen LogP contribution in [-0.2, 0) is 0 Å². The maximum absolute atomic E-state index is 2.96. The van der Waals surface area contributed by atoms with Gasteiger partial charge in [-0.05, 0) is 47.3 Å². The normalized spacial score (nSPS) is 16.9. The van der Waals surface area contributed by atoms with Crippen LogP contribution >= 0.6 is 26.5 Å². The molecule has 4 nitrogen and oxygen atoms in total. The molecule has 0 unspecified atom stereocenters. The third kappa shape index (κ3) is 8.49. The van der Waals surface area contributed by atoms with Crippen LogP contribution in [0.3, 0.4) is 0 Å². The molecule has 2 aromatic heterocycles. The van der Waals surface area contributed by atoms with Gasteiger partial charge in [0.2, 0.25) is 0 Å². The Hall–Kier alpha value is -2.98. The lowest BCUT2D eigenvalue weighted by molar-refractivity contribution is -0.444. The van der Waals surface area contributed by atoms with E-state index in [9.17, 15) is 0 Å². The highest BCUT2D eigenvalue weighted by Gasteiger charge is 2.53. The number of benzene rings is 4. The van der Waals surface area contributed by atoms with Gasteiger partial charge in [-0.25, -0.2) is 19.0 Å². The summed E-state index contributed by atoms with van der Waals surface area (Å²) in [4.78, 5) is 5.92. The summed E-state index contributed by atoms with van der Waals surface area (Å²) in [6, 6.07) is 29.0. The van der Waals surface area contributed by atoms with Crippen molar-refractivity contribution < 1.29 is 9.15 Å². The van der Waals surface area contributed by atoms with E-state index < -0.39 is 0 Å². The van der Waals surface area contributed by atoms with Gasteiger partial charge in [-0.1, -0.05) is 184 Å². The van der Waals surface area contributed by atoms with Crippen LogP contribution < -0.4 is 9.80 Å². The number of para-hydroxylation sites is 4. The van der Waals surface area contributed by atoms with Crippen molar-refractivity contribution in [3.8, 4) is 0 Å². The summed E-state index contributed by atoms with van der Waals surface area (Å²) in [6.45, 7) is 42.7. The Bertz CT molecular complexity index is 2360. The van der Waals surface area contributed by atoms with E-state index in [1.54, 1.807) is 33.9 Å². The molecular weight excluding hydrogens is 853 g/mol. The molecule has 0 saturated heterocycles. The molecule has 0 saturated carbocycles. The van der Waals surface area contributed by atoms with Crippen molar-refractivity contribution >= 4 is 60.4 Å². The smallest absolute Gasteiger partial charge is 0.223 e. The first-order valence-corrected chi connectivity index (χ1v) is 33.9. The van der Waals surface area contributed by atoms with E-state index in [4.69, 9.17) is 0 Å². The van der Waals surface area contributed by atoms with Crippen molar-refractivity contribution in [2.75, 3.05) is 36.0 Å². The molecule has 6 aromatic rings. The van der Waals surface area contributed by atoms with Crippen LogP contribution in [0.25, 0.3) is 0 Å². The van der Waals surface area contributed by atoms with Gasteiger partial charge < -0.3 is 0 Å². The standard InChI is InChI=1S/C56H80N4P4/c1-35(2)43-23-17-24-44(36(3)4)51(43)57-31-21-32-58(52-45(37(5)6)25-18-26-46(52)38(7)8)55(57)61-63-62(64(61)63)56-59(53-47(39(9)10)27-19-28-48(53)40(11)12)33-22-34-60(56)54-49(41(13)14)29-20-30-50(54)42(15)16/h17-20,23-30,35-42H,21-22,31-34H2,1-16H3/q+2. The minimum absolute atomic E-state index is 0.0903. The van der Waals surface area contributed by atoms with E-state index in [2.05, 4.69) is 203 Å². The predicted octanol–water partition coefficient (Wildman–Crippen LogP) is 18.7. The molecule has 0 radical (unpaired) electrons. The Balaban J connectivity index is 1.46. The molecule has 0 amide bonds. The quantitative estimate of drug-likeness (QED) is 0.101. The number of amidine groups is 2. The highest BCUT2D eigenvalue weighted by molar-refractivity contribution is 9.12. The predicted molar refractivity (Wildman–Crippen MR) is 290 cm³/mol. The molecular formula is C56H80N4P4+2. The zero-order valence-electron chi connectivity index (χ0n) is 42.4. The molecule has 4 aromatic carbocycles. The highest BCUT2D eigenvalue weighted by Crippen LogP contribution is 3.10. The van der Waals surface area contributed by atoms with Gasteiger partial charge in [-0.3, -0.25) is 0 Å². The Kier molecular flexibility index (Phi) is 14.1. The van der Waals surface area contributed by atoms with Crippen molar-refractivity contribution in [3.05, 3.63) is 117 Å². The summed E-state index contributed by atoms with van der Waals surface area (Å²) < 4.78 is 5.92. The third-order valence-corrected chi connectivity index (χ3v) is 51.1. The van der Waals surface area contributed by atoms with Crippen LogP contribution in [0.15, 0.2) is 72.8 Å². The second kappa shape index (κ2) is 19.0. The van der Waals surface area contributed by atoms with Crippen molar-refractivity contribution in [2.24, 2.45) is 0 Å². The van der Waals surface area contributed by atoms with Crippen molar-refractivity contribution in [1.29, 1.82) is 0 Å². The van der Waals surface area contributed by atoms with Gasteiger partial charge in [-0.15, -0.1) is 0 Å². The number of anilines is 2. The van der Waals surface area contributed by atoms with Crippen LogP contribution in [0.2, 0.25) is 0 Å². The van der Waals surface area contributed by atoms with Gasteiger partial charge >= 0.3 is 11.2 Å². The Morgan fingerprint density at radius 3 is 0.828 bits per heavy atom. The summed E-state index contributed by atoms with van der Waals surface area (Å²) in [7, 11) is 0. The highest BCUT2D eigenvalue weighted by atomic mass is 33.1. The SMILES string of the molecule is CC(C)c1cccc(C(C)C)c1N1CCC[N+](c2c(C(C)C)cccc2C(C)C)=C1p1p2p(C3=[N+](c4c(C(C)C)cccc4C(C)C)CCCN3c3c(C(C)C)cccc3C(C)C)p12. The lowest BCUT2D eigenvalue weighted by atomic mass is 9.91. The maximum atomic E-state index is 2.96. The molecule has 64 heavy (non-hydrogen) atoms. The van der Waals surface area contributed by atoms with Crippen LogP contribution in [0.4, 0.5) is 22.7 Å². The van der Waals surface area contributed by atoms with Gasteiger partial charge in [0.25, 0.3) is 0 Å². The lowest BCUT2D eigenvalue weighted by Crippen LogP contribution is -2.42. The Morgan fingerprint density at radius 2 is 0.594 bits per heavy atom. The van der Waals surface area contributed by atoms with Crippen LogP contribution in [-0.4, -0.2) is 46.5 Å². The number of nitrogens with zero attached hydrogens (tertiary/aromatic N) is 4. The van der Waals surface area contributed by atoms with Crippen LogP contribution in [0.5, 0.6) is 0 Å². The number of rotatable bonds is 14. The van der Waals surface area contributed by atoms with E-state index in [0.717, 1.165) is 26.2 Å². The summed E-state index contributed by atoms with van der Waals surface area (Å²) >= 11 is 0. The van der Waals surface area contributed by atoms with E-state index in [-0.39, 0.29) is 26.5 Å². The molecule has 8 rings (SSSR count). The largest absolute Gasteiger partial charge is 0.312 e. The average Bonchev–Trinajstić information content (AvgIpc) is 4.18. The van der Waals surface area contributed by atoms with Gasteiger partial charge in [-0.2, -0.15) is 0 Å². The average molecular weight is 933 g/mol. The minimum Gasteiger partial charge on any atom is -0.223 e. The summed E-state index contributed by atoms with van der Waals surface area (Å²) in [5.74, 6) is 3.68. The number of fused-ring (bicyclic) bond motifs is 1. The zero-order chi connectivity index (χ0) is 46.0.